The molecule has 0 unspecified atom stereocenters. The maximum atomic E-state index is 12.4. The number of rotatable bonds is 10. The van der Waals surface area contributed by atoms with Crippen LogP contribution in [0.15, 0.2) is 76.5 Å². The molecule has 0 spiro atoms. The highest BCUT2D eigenvalue weighted by atomic mass is 32.2. The summed E-state index contributed by atoms with van der Waals surface area (Å²) in [5, 5.41) is 6.74. The third kappa shape index (κ3) is 6.50. The molecule has 32 heavy (non-hydrogen) atoms. The molecule has 3 aromatic rings. The molecule has 0 bridgehead atoms. The predicted octanol–water partition coefficient (Wildman–Crippen LogP) is 1.78. The van der Waals surface area contributed by atoms with Crippen molar-refractivity contribution in [3.63, 3.8) is 0 Å². The molecule has 0 atom stereocenters. The van der Waals surface area contributed by atoms with E-state index in [0.717, 1.165) is 10.8 Å². The highest BCUT2D eigenvalue weighted by Crippen LogP contribution is 2.19. The number of fused-ring (bicyclic) bond motifs is 1. The van der Waals surface area contributed by atoms with Gasteiger partial charge in [0.1, 0.15) is 19.0 Å². The van der Waals surface area contributed by atoms with Crippen LogP contribution in [0.3, 0.4) is 0 Å². The van der Waals surface area contributed by atoms with Gasteiger partial charge in [0.2, 0.25) is 20.0 Å². The van der Waals surface area contributed by atoms with Gasteiger partial charge < -0.3 is 9.47 Å². The van der Waals surface area contributed by atoms with Gasteiger partial charge in [-0.25, -0.2) is 26.7 Å². The lowest BCUT2D eigenvalue weighted by atomic mass is 10.1. The lowest BCUT2D eigenvalue weighted by molar-refractivity contribution is -0.144. The van der Waals surface area contributed by atoms with Crippen LogP contribution in [0.5, 0.6) is 5.75 Å². The zero-order chi connectivity index (χ0) is 23.2. The van der Waals surface area contributed by atoms with Crippen molar-refractivity contribution in [1.82, 2.24) is 4.72 Å². The molecule has 0 aliphatic carbocycles. The topological polar surface area (TPSA) is 142 Å². The van der Waals surface area contributed by atoms with Crippen molar-refractivity contribution < 1.29 is 31.1 Å². The standard InChI is InChI=1S/C21H22N2O7S2/c22-31(25,26)19-9-6-18(7-10-19)29-13-14-30-21(24)11-12-23-32(27,28)20-8-5-16-3-1-2-4-17(16)15-20/h1-10,15,23H,11-14H2,(H2,22,25,26). The SMILES string of the molecule is NS(=O)(=O)c1ccc(OCCOC(=O)CCNS(=O)(=O)c2ccc3ccccc3c2)cc1. The fourth-order valence-electron chi connectivity index (χ4n) is 2.82. The minimum absolute atomic E-state index is 0.0394. The Morgan fingerprint density at radius 1 is 0.844 bits per heavy atom. The molecule has 0 aromatic heterocycles. The second kappa shape index (κ2) is 10.1. The van der Waals surface area contributed by atoms with Gasteiger partial charge in [0.05, 0.1) is 16.2 Å². The Morgan fingerprint density at radius 3 is 2.19 bits per heavy atom. The Hall–Kier alpha value is -2.99. The second-order valence-electron chi connectivity index (χ2n) is 6.74. The third-order valence-corrected chi connectivity index (χ3v) is 6.81. The number of nitrogens with one attached hydrogen (secondary N) is 1. The molecule has 170 valence electrons. The largest absolute Gasteiger partial charge is 0.490 e. The summed E-state index contributed by atoms with van der Waals surface area (Å²) in [6.07, 6.45) is -0.143. The molecule has 0 heterocycles. The van der Waals surface area contributed by atoms with Crippen LogP contribution in [0.1, 0.15) is 6.42 Å². The van der Waals surface area contributed by atoms with Crippen LogP contribution in [0.4, 0.5) is 0 Å². The van der Waals surface area contributed by atoms with Gasteiger partial charge in [-0.05, 0) is 47.2 Å². The quantitative estimate of drug-likeness (QED) is 0.334. The molecule has 9 nitrogen and oxygen atoms in total. The van der Waals surface area contributed by atoms with Crippen molar-refractivity contribution in [2.45, 2.75) is 16.2 Å². The molecular formula is C21H22N2O7S2. The number of hydrogen-bond donors (Lipinski definition) is 2. The van der Waals surface area contributed by atoms with E-state index in [9.17, 15) is 21.6 Å². The number of hydrogen-bond acceptors (Lipinski definition) is 7. The molecule has 0 amide bonds. The van der Waals surface area contributed by atoms with E-state index < -0.39 is 26.0 Å². The summed E-state index contributed by atoms with van der Waals surface area (Å²) in [5.74, 6) is -0.198. The molecular weight excluding hydrogens is 456 g/mol. The van der Waals surface area contributed by atoms with E-state index in [0.29, 0.717) is 5.75 Å². The van der Waals surface area contributed by atoms with Gasteiger partial charge in [-0.2, -0.15) is 0 Å². The van der Waals surface area contributed by atoms with Crippen molar-refractivity contribution in [3.8, 4) is 5.75 Å². The minimum Gasteiger partial charge on any atom is -0.490 e. The van der Waals surface area contributed by atoms with Crippen LogP contribution in [0, 0.1) is 0 Å². The summed E-state index contributed by atoms with van der Waals surface area (Å²) in [7, 11) is -7.53. The van der Waals surface area contributed by atoms with Crippen molar-refractivity contribution >= 4 is 36.8 Å². The van der Waals surface area contributed by atoms with Gasteiger partial charge in [0, 0.05) is 6.54 Å². The maximum absolute atomic E-state index is 12.4. The molecule has 3 aromatic carbocycles. The van der Waals surface area contributed by atoms with Crippen molar-refractivity contribution in [3.05, 3.63) is 66.7 Å². The van der Waals surface area contributed by atoms with Gasteiger partial charge >= 0.3 is 5.97 Å². The molecule has 3 rings (SSSR count). The average Bonchev–Trinajstić information content (AvgIpc) is 2.76. The molecule has 0 aliphatic heterocycles. The normalized spacial score (nSPS) is 11.9. The number of nitrogens with two attached hydrogens (primary N) is 1. The first-order valence-electron chi connectivity index (χ1n) is 9.55. The summed E-state index contributed by atoms with van der Waals surface area (Å²) in [6, 6.07) is 17.7. The summed E-state index contributed by atoms with van der Waals surface area (Å²) in [4.78, 5) is 11.9. The van der Waals surface area contributed by atoms with Crippen molar-refractivity contribution in [2.24, 2.45) is 5.14 Å². The number of benzene rings is 3. The average molecular weight is 479 g/mol. The number of esters is 1. The Labute approximate surface area is 186 Å². The maximum Gasteiger partial charge on any atom is 0.307 e. The third-order valence-electron chi connectivity index (χ3n) is 4.42. The molecule has 0 saturated heterocycles. The van der Waals surface area contributed by atoms with Gasteiger partial charge in [0.15, 0.2) is 0 Å². The van der Waals surface area contributed by atoms with Crippen LogP contribution < -0.4 is 14.6 Å². The monoisotopic (exact) mass is 478 g/mol. The first-order valence-corrected chi connectivity index (χ1v) is 12.6. The number of primary sulfonamides is 1. The predicted molar refractivity (Wildman–Crippen MR) is 118 cm³/mol. The van der Waals surface area contributed by atoms with Crippen molar-refractivity contribution in [1.29, 1.82) is 0 Å². The van der Waals surface area contributed by atoms with Gasteiger partial charge in [0.25, 0.3) is 0 Å². The first-order chi connectivity index (χ1) is 15.1. The number of sulfonamides is 2. The van der Waals surface area contributed by atoms with Gasteiger partial charge in [-0.1, -0.05) is 30.3 Å². The van der Waals surface area contributed by atoms with E-state index in [1.165, 1.54) is 30.3 Å². The smallest absolute Gasteiger partial charge is 0.307 e. The first kappa shape index (κ1) is 23.7. The Balaban J connectivity index is 1.40. The fourth-order valence-corrected chi connectivity index (χ4v) is 4.40. The highest BCUT2D eigenvalue weighted by molar-refractivity contribution is 7.89. The summed E-state index contributed by atoms with van der Waals surface area (Å²) in [5.41, 5.74) is 0. The molecule has 0 saturated carbocycles. The second-order valence-corrected chi connectivity index (χ2v) is 10.1. The number of carbonyl (C=O) groups is 1. The molecule has 0 aliphatic rings. The zero-order valence-electron chi connectivity index (χ0n) is 16.9. The lowest BCUT2D eigenvalue weighted by Gasteiger charge is -2.09. The van der Waals surface area contributed by atoms with E-state index in [-0.39, 0.29) is 36.0 Å². The number of carbonyl (C=O) groups excluding carboxylic acids is 1. The molecule has 0 fully saturated rings. The van der Waals surface area contributed by atoms with Crippen LogP contribution in [-0.2, 0) is 29.6 Å². The van der Waals surface area contributed by atoms with Crippen LogP contribution >= 0.6 is 0 Å². The van der Waals surface area contributed by atoms with Crippen LogP contribution in [0.25, 0.3) is 10.8 Å². The highest BCUT2D eigenvalue weighted by Gasteiger charge is 2.15. The van der Waals surface area contributed by atoms with Gasteiger partial charge in [-0.3, -0.25) is 4.79 Å². The molecule has 3 N–H and O–H groups in total. The number of ether oxygens (including phenoxy) is 2. The van der Waals surface area contributed by atoms with Crippen LogP contribution in [0.2, 0.25) is 0 Å². The van der Waals surface area contributed by atoms with E-state index >= 15 is 0 Å². The van der Waals surface area contributed by atoms with E-state index in [4.69, 9.17) is 14.6 Å². The zero-order valence-corrected chi connectivity index (χ0v) is 18.6. The summed E-state index contributed by atoms with van der Waals surface area (Å²) >= 11 is 0. The van der Waals surface area contributed by atoms with E-state index in [2.05, 4.69) is 4.72 Å². The molecule has 11 heteroatoms. The molecule has 0 radical (unpaired) electrons. The Bertz CT molecular complexity index is 1310. The van der Waals surface area contributed by atoms with E-state index in [1.807, 2.05) is 24.3 Å². The van der Waals surface area contributed by atoms with E-state index in [1.54, 1.807) is 12.1 Å². The minimum atomic E-state index is -3.78. The summed E-state index contributed by atoms with van der Waals surface area (Å²) < 4.78 is 60.0. The summed E-state index contributed by atoms with van der Waals surface area (Å²) in [6.45, 7) is -0.111. The Kier molecular flexibility index (Phi) is 7.46. The van der Waals surface area contributed by atoms with Gasteiger partial charge in [-0.15, -0.1) is 0 Å². The van der Waals surface area contributed by atoms with Crippen LogP contribution in [-0.4, -0.2) is 42.6 Å². The fraction of sp³-hybridized carbons (Fsp3) is 0.190. The Morgan fingerprint density at radius 2 is 1.50 bits per heavy atom. The lowest BCUT2D eigenvalue weighted by Crippen LogP contribution is -2.27. The van der Waals surface area contributed by atoms with Crippen molar-refractivity contribution in [2.75, 3.05) is 19.8 Å².